The summed E-state index contributed by atoms with van der Waals surface area (Å²) in [6.45, 7) is 5.00. The van der Waals surface area contributed by atoms with Crippen molar-refractivity contribution in [1.82, 2.24) is 15.1 Å². The summed E-state index contributed by atoms with van der Waals surface area (Å²) in [5.41, 5.74) is 0.753. The van der Waals surface area contributed by atoms with E-state index in [9.17, 15) is 19.2 Å². The zero-order valence-electron chi connectivity index (χ0n) is 18.9. The van der Waals surface area contributed by atoms with Crippen molar-refractivity contribution in [1.29, 1.82) is 0 Å². The molecule has 1 unspecified atom stereocenters. The summed E-state index contributed by atoms with van der Waals surface area (Å²) >= 11 is 6.05. The number of halogens is 1. The van der Waals surface area contributed by atoms with Crippen molar-refractivity contribution in [3.63, 3.8) is 0 Å². The van der Waals surface area contributed by atoms with Crippen LogP contribution in [-0.4, -0.2) is 53.2 Å². The van der Waals surface area contributed by atoms with Crippen LogP contribution in [0.4, 0.5) is 10.5 Å². The fourth-order valence-electron chi connectivity index (χ4n) is 3.71. The number of nitrogens with zero attached hydrogens (tertiary/aromatic N) is 2. The molecule has 0 radical (unpaired) electrons. The lowest BCUT2D eigenvalue weighted by molar-refractivity contribution is -0.140. The number of amides is 5. The van der Waals surface area contributed by atoms with Crippen molar-refractivity contribution in [2.45, 2.75) is 32.7 Å². The van der Waals surface area contributed by atoms with E-state index in [-0.39, 0.29) is 12.5 Å². The molecule has 1 aliphatic heterocycles. The fourth-order valence-corrected chi connectivity index (χ4v) is 3.90. The van der Waals surface area contributed by atoms with E-state index < -0.39 is 29.9 Å². The molecule has 0 saturated carbocycles. The highest BCUT2D eigenvalue weighted by atomic mass is 35.5. The summed E-state index contributed by atoms with van der Waals surface area (Å²) in [6, 6.07) is 13.3. The third-order valence-electron chi connectivity index (χ3n) is 5.57. The minimum atomic E-state index is -1.33. The van der Waals surface area contributed by atoms with Crippen molar-refractivity contribution in [3.8, 4) is 0 Å². The van der Waals surface area contributed by atoms with Crippen molar-refractivity contribution >= 4 is 41.0 Å². The van der Waals surface area contributed by atoms with Gasteiger partial charge in [-0.05, 0) is 49.6 Å². The molecule has 3 rings (SSSR count). The normalized spacial score (nSPS) is 17.6. The van der Waals surface area contributed by atoms with Crippen LogP contribution in [0.3, 0.4) is 0 Å². The highest BCUT2D eigenvalue weighted by Gasteiger charge is 2.49. The molecular weight excluding hydrogens is 444 g/mol. The summed E-state index contributed by atoms with van der Waals surface area (Å²) < 4.78 is 0. The van der Waals surface area contributed by atoms with E-state index in [1.54, 1.807) is 37.3 Å². The number of nitrogens with one attached hydrogen (secondary N) is 2. The Balaban J connectivity index is 1.70. The number of hydrogen-bond donors (Lipinski definition) is 2. The van der Waals surface area contributed by atoms with E-state index in [0.717, 1.165) is 10.5 Å². The summed E-state index contributed by atoms with van der Waals surface area (Å²) in [7, 11) is 0. The Bertz CT molecular complexity index is 1090. The highest BCUT2D eigenvalue weighted by molar-refractivity contribution is 6.30. The third kappa shape index (κ3) is 5.34. The van der Waals surface area contributed by atoms with E-state index >= 15 is 0 Å². The maximum Gasteiger partial charge on any atom is 0.325 e. The number of carbonyl (C=O) groups is 4. The molecule has 9 heteroatoms. The largest absolute Gasteiger partial charge is 0.332 e. The monoisotopic (exact) mass is 470 g/mol. The molecule has 1 heterocycles. The zero-order valence-corrected chi connectivity index (χ0v) is 19.6. The SMILES string of the molecule is CCCN(CC(=O)Nc1ccccc1C)C(=O)CN1C(=O)NC(C)(c2cccc(Cl)c2)C1=O. The van der Waals surface area contributed by atoms with Gasteiger partial charge in [-0.15, -0.1) is 0 Å². The summed E-state index contributed by atoms with van der Waals surface area (Å²) in [6.07, 6.45) is 0.615. The maximum absolute atomic E-state index is 13.1. The molecule has 1 saturated heterocycles. The molecule has 0 bridgehead atoms. The van der Waals surface area contributed by atoms with Crippen molar-refractivity contribution in [3.05, 3.63) is 64.7 Å². The minimum Gasteiger partial charge on any atom is -0.332 e. The lowest BCUT2D eigenvalue weighted by Gasteiger charge is -2.25. The van der Waals surface area contributed by atoms with Crippen molar-refractivity contribution < 1.29 is 19.2 Å². The Morgan fingerprint density at radius 3 is 2.55 bits per heavy atom. The van der Waals surface area contributed by atoms with Crippen LogP contribution in [0.2, 0.25) is 5.02 Å². The average Bonchev–Trinajstić information content (AvgIpc) is 2.99. The number of aryl methyl sites for hydroxylation is 1. The second-order valence-corrected chi connectivity index (χ2v) is 8.57. The number of carbonyl (C=O) groups excluding carboxylic acids is 4. The van der Waals surface area contributed by atoms with E-state index in [4.69, 9.17) is 11.6 Å². The van der Waals surface area contributed by atoms with E-state index in [1.807, 2.05) is 32.0 Å². The topological polar surface area (TPSA) is 98.8 Å². The number of anilines is 1. The number of hydrogen-bond acceptors (Lipinski definition) is 4. The van der Waals surface area contributed by atoms with Gasteiger partial charge in [0.05, 0.1) is 6.54 Å². The van der Waals surface area contributed by atoms with Gasteiger partial charge in [0.1, 0.15) is 12.1 Å². The Morgan fingerprint density at radius 1 is 1.15 bits per heavy atom. The molecule has 1 fully saturated rings. The van der Waals surface area contributed by atoms with Crippen LogP contribution < -0.4 is 10.6 Å². The summed E-state index contributed by atoms with van der Waals surface area (Å²) in [4.78, 5) is 53.5. The van der Waals surface area contributed by atoms with E-state index in [0.29, 0.717) is 29.2 Å². The van der Waals surface area contributed by atoms with Gasteiger partial charge in [0, 0.05) is 17.3 Å². The Morgan fingerprint density at radius 2 is 1.88 bits per heavy atom. The van der Waals surface area contributed by atoms with E-state index in [1.165, 1.54) is 4.90 Å². The van der Waals surface area contributed by atoms with Gasteiger partial charge in [-0.1, -0.05) is 48.9 Å². The van der Waals surface area contributed by atoms with E-state index in [2.05, 4.69) is 10.6 Å². The molecule has 1 atom stereocenters. The van der Waals surface area contributed by atoms with Crippen molar-refractivity contribution in [2.75, 3.05) is 25.0 Å². The van der Waals surface area contributed by atoms with Crippen LogP contribution in [0.15, 0.2) is 48.5 Å². The maximum atomic E-state index is 13.1. The Labute approximate surface area is 197 Å². The second-order valence-electron chi connectivity index (χ2n) is 8.14. The third-order valence-corrected chi connectivity index (χ3v) is 5.81. The molecule has 8 nitrogen and oxygen atoms in total. The van der Waals surface area contributed by atoms with Gasteiger partial charge < -0.3 is 15.5 Å². The number of benzene rings is 2. The molecule has 1 aliphatic rings. The van der Waals surface area contributed by atoms with Gasteiger partial charge in [-0.2, -0.15) is 0 Å². The van der Waals surface area contributed by atoms with Crippen LogP contribution in [0.5, 0.6) is 0 Å². The molecule has 0 spiro atoms. The molecule has 2 N–H and O–H groups in total. The molecule has 2 aromatic rings. The molecule has 33 heavy (non-hydrogen) atoms. The summed E-state index contributed by atoms with van der Waals surface area (Å²) in [5, 5.41) is 5.89. The number of imide groups is 1. The highest BCUT2D eigenvalue weighted by Crippen LogP contribution is 2.30. The molecule has 174 valence electrons. The Kier molecular flexibility index (Phi) is 7.38. The number of para-hydroxylation sites is 1. The van der Waals surface area contributed by atoms with Crippen molar-refractivity contribution in [2.24, 2.45) is 0 Å². The standard InChI is InChI=1S/C24H27ClN4O4/c1-4-12-28(14-20(30)26-19-11-6-5-8-16(19)2)21(31)15-29-22(32)24(3,27-23(29)33)17-9-7-10-18(25)13-17/h5-11,13H,4,12,14-15H2,1-3H3,(H,26,30)(H,27,33). The first-order chi connectivity index (χ1) is 15.7. The van der Waals surface area contributed by atoms with Crippen LogP contribution in [-0.2, 0) is 19.9 Å². The van der Waals surface area contributed by atoms with Crippen LogP contribution in [0, 0.1) is 6.92 Å². The Hall–Kier alpha value is -3.39. The lowest BCUT2D eigenvalue weighted by Crippen LogP contribution is -2.46. The van der Waals surface area contributed by atoms with Gasteiger partial charge >= 0.3 is 6.03 Å². The van der Waals surface area contributed by atoms with Gasteiger partial charge in [0.2, 0.25) is 11.8 Å². The van der Waals surface area contributed by atoms with Crippen LogP contribution >= 0.6 is 11.6 Å². The predicted molar refractivity (Wildman–Crippen MR) is 126 cm³/mol. The van der Waals surface area contributed by atoms with Gasteiger partial charge in [0.15, 0.2) is 0 Å². The molecule has 2 aromatic carbocycles. The van der Waals surface area contributed by atoms with Gasteiger partial charge in [0.25, 0.3) is 5.91 Å². The van der Waals surface area contributed by atoms with Gasteiger partial charge in [-0.3, -0.25) is 19.3 Å². The first kappa shape index (κ1) is 24.3. The zero-order chi connectivity index (χ0) is 24.2. The van der Waals surface area contributed by atoms with Gasteiger partial charge in [-0.25, -0.2) is 4.79 Å². The molecular formula is C24H27ClN4O4. The quantitative estimate of drug-likeness (QED) is 0.578. The smallest absolute Gasteiger partial charge is 0.325 e. The lowest BCUT2D eigenvalue weighted by atomic mass is 9.92. The predicted octanol–water partition coefficient (Wildman–Crippen LogP) is 3.29. The average molecular weight is 471 g/mol. The number of urea groups is 1. The second kappa shape index (κ2) is 10.0. The number of rotatable bonds is 8. The fraction of sp³-hybridized carbons (Fsp3) is 0.333. The molecule has 0 aromatic heterocycles. The molecule has 5 amide bonds. The first-order valence-corrected chi connectivity index (χ1v) is 11.1. The van der Waals surface area contributed by atoms with Crippen LogP contribution in [0.25, 0.3) is 0 Å². The first-order valence-electron chi connectivity index (χ1n) is 10.7. The van der Waals surface area contributed by atoms with Crippen LogP contribution in [0.1, 0.15) is 31.4 Å². The summed E-state index contributed by atoms with van der Waals surface area (Å²) in [5.74, 6) is -1.40. The minimum absolute atomic E-state index is 0.184. The molecule has 0 aliphatic carbocycles.